The van der Waals surface area contributed by atoms with Crippen LogP contribution in [0, 0.1) is 0 Å². The van der Waals surface area contributed by atoms with Crippen LogP contribution in [-0.2, 0) is 4.74 Å². The van der Waals surface area contributed by atoms with Crippen molar-refractivity contribution in [2.45, 2.75) is 0 Å². The van der Waals surface area contributed by atoms with Gasteiger partial charge in [0.1, 0.15) is 11.4 Å². The Labute approximate surface area is 105 Å². The van der Waals surface area contributed by atoms with Crippen molar-refractivity contribution in [2.75, 3.05) is 18.2 Å². The quantitative estimate of drug-likeness (QED) is 0.808. The fourth-order valence-electron chi connectivity index (χ4n) is 1.50. The van der Waals surface area contributed by atoms with Gasteiger partial charge in [-0.1, -0.05) is 18.2 Å². The number of para-hydroxylation sites is 1. The number of esters is 1. The molecule has 5 heteroatoms. The van der Waals surface area contributed by atoms with Crippen LogP contribution in [0.4, 0.5) is 17.2 Å². The summed E-state index contributed by atoms with van der Waals surface area (Å²) >= 11 is 0. The molecule has 1 aromatic carbocycles. The van der Waals surface area contributed by atoms with Gasteiger partial charge in [-0.3, -0.25) is 0 Å². The number of methoxy groups -OCH3 is 1. The lowest BCUT2D eigenvalue weighted by molar-refractivity contribution is 0.0601. The molecule has 92 valence electrons. The summed E-state index contributed by atoms with van der Waals surface area (Å²) < 4.78 is 4.70. The maximum atomic E-state index is 11.6. The Bertz CT molecular complexity index is 555. The zero-order chi connectivity index (χ0) is 13.0. The van der Waals surface area contributed by atoms with Crippen LogP contribution < -0.4 is 11.1 Å². The number of benzene rings is 1. The molecule has 0 aliphatic heterocycles. The van der Waals surface area contributed by atoms with E-state index in [0.29, 0.717) is 17.1 Å². The number of aromatic nitrogens is 1. The number of carbonyl (C=O) groups excluding carboxylic acids is 1. The van der Waals surface area contributed by atoms with Crippen molar-refractivity contribution in [2.24, 2.45) is 0 Å². The van der Waals surface area contributed by atoms with Crippen LogP contribution in [-0.4, -0.2) is 18.1 Å². The standard InChI is InChI=1S/C13H13N3O2/c1-18-13(17)11-7-9(14)8-15-12(11)16-10-5-3-2-4-6-10/h2-8H,14H2,1H3,(H,15,16). The number of ether oxygens (including phenoxy) is 1. The van der Waals surface area contributed by atoms with Crippen LogP contribution in [0.2, 0.25) is 0 Å². The maximum Gasteiger partial charge on any atom is 0.341 e. The average molecular weight is 243 g/mol. The highest BCUT2D eigenvalue weighted by atomic mass is 16.5. The lowest BCUT2D eigenvalue weighted by Crippen LogP contribution is -2.08. The van der Waals surface area contributed by atoms with E-state index in [9.17, 15) is 4.79 Å². The predicted molar refractivity (Wildman–Crippen MR) is 69.7 cm³/mol. The van der Waals surface area contributed by atoms with E-state index in [1.807, 2.05) is 30.3 Å². The fourth-order valence-corrected chi connectivity index (χ4v) is 1.50. The second kappa shape index (κ2) is 5.18. The summed E-state index contributed by atoms with van der Waals surface area (Å²) in [5, 5.41) is 3.05. The van der Waals surface area contributed by atoms with Crippen LogP contribution in [0.15, 0.2) is 42.6 Å². The number of nitrogens with zero attached hydrogens (tertiary/aromatic N) is 1. The van der Waals surface area contributed by atoms with Gasteiger partial charge in [-0.25, -0.2) is 9.78 Å². The summed E-state index contributed by atoms with van der Waals surface area (Å²) in [6.45, 7) is 0. The Morgan fingerprint density at radius 2 is 2.06 bits per heavy atom. The molecule has 0 fully saturated rings. The monoisotopic (exact) mass is 243 g/mol. The molecule has 0 amide bonds. The van der Waals surface area contributed by atoms with Gasteiger partial charge in [-0.15, -0.1) is 0 Å². The number of pyridine rings is 1. The topological polar surface area (TPSA) is 77.2 Å². The molecule has 3 N–H and O–H groups in total. The number of carbonyl (C=O) groups is 1. The molecular weight excluding hydrogens is 230 g/mol. The van der Waals surface area contributed by atoms with Crippen molar-refractivity contribution in [1.29, 1.82) is 0 Å². The molecule has 0 aliphatic carbocycles. The first-order valence-electron chi connectivity index (χ1n) is 5.36. The second-order valence-electron chi connectivity index (χ2n) is 3.65. The molecule has 1 heterocycles. The van der Waals surface area contributed by atoms with Crippen LogP contribution in [0.5, 0.6) is 0 Å². The van der Waals surface area contributed by atoms with Crippen molar-refractivity contribution in [3.05, 3.63) is 48.2 Å². The molecule has 0 radical (unpaired) electrons. The van der Waals surface area contributed by atoms with Gasteiger partial charge >= 0.3 is 5.97 Å². The predicted octanol–water partition coefficient (Wildman–Crippen LogP) is 2.19. The van der Waals surface area contributed by atoms with E-state index in [-0.39, 0.29) is 0 Å². The zero-order valence-electron chi connectivity index (χ0n) is 9.88. The summed E-state index contributed by atoms with van der Waals surface area (Å²) in [7, 11) is 1.32. The Kier molecular flexibility index (Phi) is 3.43. The van der Waals surface area contributed by atoms with Gasteiger partial charge in [0.15, 0.2) is 0 Å². The van der Waals surface area contributed by atoms with E-state index in [1.165, 1.54) is 19.4 Å². The highest BCUT2D eigenvalue weighted by Gasteiger charge is 2.13. The number of hydrogen-bond acceptors (Lipinski definition) is 5. The molecule has 1 aromatic heterocycles. The third-order valence-corrected chi connectivity index (χ3v) is 2.35. The van der Waals surface area contributed by atoms with E-state index in [4.69, 9.17) is 10.5 Å². The largest absolute Gasteiger partial charge is 0.465 e. The Morgan fingerprint density at radius 3 is 2.72 bits per heavy atom. The fraction of sp³-hybridized carbons (Fsp3) is 0.0769. The normalized spacial score (nSPS) is 9.83. The molecule has 0 saturated heterocycles. The van der Waals surface area contributed by atoms with Crippen molar-refractivity contribution < 1.29 is 9.53 Å². The average Bonchev–Trinajstić information content (AvgIpc) is 2.41. The Morgan fingerprint density at radius 1 is 1.33 bits per heavy atom. The summed E-state index contributed by atoms with van der Waals surface area (Å²) in [6, 6.07) is 11.0. The first kappa shape index (κ1) is 11.9. The van der Waals surface area contributed by atoms with E-state index >= 15 is 0 Å². The molecule has 0 bridgehead atoms. The number of nitrogens with two attached hydrogens (primary N) is 1. The minimum atomic E-state index is -0.478. The summed E-state index contributed by atoms with van der Waals surface area (Å²) in [5.74, 6) is -0.0597. The lowest BCUT2D eigenvalue weighted by atomic mass is 10.2. The van der Waals surface area contributed by atoms with Gasteiger partial charge < -0.3 is 15.8 Å². The summed E-state index contributed by atoms with van der Waals surface area (Å²) in [4.78, 5) is 15.7. The SMILES string of the molecule is COC(=O)c1cc(N)cnc1Nc1ccccc1. The van der Waals surface area contributed by atoms with E-state index in [0.717, 1.165) is 5.69 Å². The number of anilines is 3. The third-order valence-electron chi connectivity index (χ3n) is 2.35. The van der Waals surface area contributed by atoms with Gasteiger partial charge in [0.2, 0.25) is 0 Å². The van der Waals surface area contributed by atoms with Crippen LogP contribution in [0.1, 0.15) is 10.4 Å². The Balaban J connectivity index is 2.35. The number of rotatable bonds is 3. The smallest absolute Gasteiger partial charge is 0.341 e. The zero-order valence-corrected chi connectivity index (χ0v) is 9.88. The lowest BCUT2D eigenvalue weighted by Gasteiger charge is -2.10. The number of nitrogen functional groups attached to an aromatic ring is 1. The van der Waals surface area contributed by atoms with Crippen molar-refractivity contribution >= 4 is 23.2 Å². The summed E-state index contributed by atoms with van der Waals surface area (Å²) in [6.07, 6.45) is 1.48. The molecule has 5 nitrogen and oxygen atoms in total. The highest BCUT2D eigenvalue weighted by molar-refractivity contribution is 5.96. The molecule has 0 saturated carbocycles. The molecule has 0 aliphatic rings. The van der Waals surface area contributed by atoms with Crippen LogP contribution in [0.3, 0.4) is 0 Å². The second-order valence-corrected chi connectivity index (χ2v) is 3.65. The molecule has 0 atom stereocenters. The van der Waals surface area contributed by atoms with Gasteiger partial charge in [-0.05, 0) is 18.2 Å². The molecule has 0 unspecified atom stereocenters. The molecular formula is C13H13N3O2. The molecule has 0 spiro atoms. The summed E-state index contributed by atoms with van der Waals surface area (Å²) in [5.41, 5.74) is 7.17. The van der Waals surface area contributed by atoms with Gasteiger partial charge in [0.25, 0.3) is 0 Å². The third kappa shape index (κ3) is 2.57. The highest BCUT2D eigenvalue weighted by Crippen LogP contribution is 2.20. The van der Waals surface area contributed by atoms with E-state index in [1.54, 1.807) is 0 Å². The number of hydrogen-bond donors (Lipinski definition) is 2. The Hall–Kier alpha value is -2.56. The minimum absolute atomic E-state index is 0.307. The number of nitrogens with one attached hydrogen (secondary N) is 1. The molecule has 2 rings (SSSR count). The van der Waals surface area contributed by atoms with Gasteiger partial charge in [-0.2, -0.15) is 0 Å². The van der Waals surface area contributed by atoms with E-state index in [2.05, 4.69) is 10.3 Å². The maximum absolute atomic E-state index is 11.6. The van der Waals surface area contributed by atoms with Crippen molar-refractivity contribution in [3.8, 4) is 0 Å². The van der Waals surface area contributed by atoms with Gasteiger partial charge in [0, 0.05) is 5.69 Å². The van der Waals surface area contributed by atoms with Crippen molar-refractivity contribution in [3.63, 3.8) is 0 Å². The first-order chi connectivity index (χ1) is 8.70. The van der Waals surface area contributed by atoms with E-state index < -0.39 is 5.97 Å². The van der Waals surface area contributed by atoms with Crippen LogP contribution in [0.25, 0.3) is 0 Å². The molecule has 18 heavy (non-hydrogen) atoms. The van der Waals surface area contributed by atoms with Crippen LogP contribution >= 0.6 is 0 Å². The first-order valence-corrected chi connectivity index (χ1v) is 5.36. The van der Waals surface area contributed by atoms with Crippen molar-refractivity contribution in [1.82, 2.24) is 4.98 Å². The minimum Gasteiger partial charge on any atom is -0.465 e. The van der Waals surface area contributed by atoms with Gasteiger partial charge in [0.05, 0.1) is 19.0 Å². The molecule has 2 aromatic rings.